The molecule has 96 valence electrons. The van der Waals surface area contributed by atoms with E-state index in [0.29, 0.717) is 5.25 Å². The van der Waals surface area contributed by atoms with Crippen LogP contribution in [0.15, 0.2) is 18.2 Å². The lowest BCUT2D eigenvalue weighted by molar-refractivity contribution is 0.705. The van der Waals surface area contributed by atoms with E-state index in [1.807, 2.05) is 0 Å². The Kier molecular flexibility index (Phi) is 3.73. The Bertz CT molecular complexity index is 608. The third-order valence-corrected chi connectivity index (χ3v) is 6.44. The molecule has 2 aromatic rings. The summed E-state index contributed by atoms with van der Waals surface area (Å²) in [7, 11) is 0. The number of aromatic nitrogens is 2. The zero-order valence-electron chi connectivity index (χ0n) is 10.3. The van der Waals surface area contributed by atoms with Gasteiger partial charge >= 0.3 is 0 Å². The van der Waals surface area contributed by atoms with Gasteiger partial charge in [0.2, 0.25) is 0 Å². The van der Waals surface area contributed by atoms with E-state index in [9.17, 15) is 0 Å². The number of benzene rings is 1. The van der Waals surface area contributed by atoms with Crippen molar-refractivity contribution < 1.29 is 0 Å². The van der Waals surface area contributed by atoms with E-state index in [1.165, 1.54) is 33.9 Å². The molecule has 3 rings (SSSR count). The molecule has 1 unspecified atom stereocenters. The summed E-state index contributed by atoms with van der Waals surface area (Å²) < 4.78 is 3.12. The molecule has 1 aromatic heterocycles. The van der Waals surface area contributed by atoms with Crippen molar-refractivity contribution in [2.75, 3.05) is 17.3 Å². The van der Waals surface area contributed by atoms with Gasteiger partial charge in [-0.05, 0) is 30.8 Å². The first-order valence-electron chi connectivity index (χ1n) is 6.13. The van der Waals surface area contributed by atoms with Gasteiger partial charge in [0, 0.05) is 29.1 Å². The Morgan fingerprint density at radius 1 is 1.44 bits per heavy atom. The normalized spacial score (nSPS) is 20.4. The van der Waals surface area contributed by atoms with Crippen molar-refractivity contribution in [3.63, 3.8) is 0 Å². The maximum absolute atomic E-state index is 5.47. The molecule has 1 saturated heterocycles. The summed E-state index contributed by atoms with van der Waals surface area (Å²) in [6.45, 7) is 3.16. The van der Waals surface area contributed by atoms with Crippen LogP contribution >= 0.6 is 35.7 Å². The zero-order chi connectivity index (χ0) is 12.5. The maximum atomic E-state index is 5.47. The van der Waals surface area contributed by atoms with Crippen LogP contribution in [0, 0.1) is 11.7 Å². The quantitative estimate of drug-likeness (QED) is 0.850. The molecule has 1 fully saturated rings. The molecular weight excluding hydrogens is 280 g/mol. The van der Waals surface area contributed by atoms with E-state index >= 15 is 0 Å². The first kappa shape index (κ1) is 12.6. The summed E-state index contributed by atoms with van der Waals surface area (Å²) in [6, 6.07) is 6.40. The molecule has 5 heteroatoms. The van der Waals surface area contributed by atoms with E-state index in [1.54, 1.807) is 0 Å². The van der Waals surface area contributed by atoms with E-state index < -0.39 is 0 Å². The Labute approximate surface area is 121 Å². The standard InChI is InChI=1S/C13H16N2S3/c1-9-3-2-4-11-12(9)14-13(16)15(11)7-10-8-17-5-6-18-10/h2-4,10H,5-8H2,1H3,(H,14,16). The third kappa shape index (κ3) is 2.36. The van der Waals surface area contributed by atoms with Gasteiger partial charge in [0.05, 0.1) is 11.0 Å². The highest BCUT2D eigenvalue weighted by Gasteiger charge is 2.16. The largest absolute Gasteiger partial charge is 0.330 e. The minimum atomic E-state index is 0.690. The van der Waals surface area contributed by atoms with Crippen LogP contribution < -0.4 is 0 Å². The molecule has 0 radical (unpaired) electrons. The highest BCUT2D eigenvalue weighted by atomic mass is 32.2. The Hall–Kier alpha value is -0.390. The highest BCUT2D eigenvalue weighted by molar-refractivity contribution is 8.06. The van der Waals surface area contributed by atoms with Crippen molar-refractivity contribution in [2.45, 2.75) is 18.7 Å². The van der Waals surface area contributed by atoms with Crippen LogP contribution in [-0.2, 0) is 6.54 Å². The molecule has 0 amide bonds. The van der Waals surface area contributed by atoms with Gasteiger partial charge in [-0.25, -0.2) is 0 Å². The van der Waals surface area contributed by atoms with Crippen molar-refractivity contribution >= 4 is 46.8 Å². The molecule has 18 heavy (non-hydrogen) atoms. The van der Waals surface area contributed by atoms with Crippen molar-refractivity contribution in [1.29, 1.82) is 0 Å². The van der Waals surface area contributed by atoms with Crippen LogP contribution in [0.2, 0.25) is 0 Å². The van der Waals surface area contributed by atoms with E-state index in [4.69, 9.17) is 12.2 Å². The van der Waals surface area contributed by atoms with E-state index in [0.717, 1.165) is 11.3 Å². The predicted molar refractivity (Wildman–Crippen MR) is 85.4 cm³/mol. The number of rotatable bonds is 2. The van der Waals surface area contributed by atoms with E-state index in [-0.39, 0.29) is 0 Å². The zero-order valence-corrected chi connectivity index (χ0v) is 12.8. The number of hydrogen-bond donors (Lipinski definition) is 1. The van der Waals surface area contributed by atoms with Crippen LogP contribution in [-0.4, -0.2) is 32.1 Å². The maximum Gasteiger partial charge on any atom is 0.178 e. The first-order valence-corrected chi connectivity index (χ1v) is 8.74. The van der Waals surface area contributed by atoms with Gasteiger partial charge in [0.1, 0.15) is 0 Å². The summed E-state index contributed by atoms with van der Waals surface area (Å²) in [5.41, 5.74) is 3.70. The van der Waals surface area contributed by atoms with Crippen LogP contribution in [0.4, 0.5) is 0 Å². The van der Waals surface area contributed by atoms with Gasteiger partial charge in [-0.15, -0.1) is 0 Å². The number of nitrogens with one attached hydrogen (secondary N) is 1. The molecule has 2 nitrogen and oxygen atoms in total. The van der Waals surface area contributed by atoms with Crippen molar-refractivity contribution in [1.82, 2.24) is 9.55 Å². The lowest BCUT2D eigenvalue weighted by Crippen LogP contribution is -2.20. The first-order chi connectivity index (χ1) is 8.75. The highest BCUT2D eigenvalue weighted by Crippen LogP contribution is 2.27. The summed E-state index contributed by atoms with van der Waals surface area (Å²) in [6.07, 6.45) is 0. The Balaban J connectivity index is 1.98. The van der Waals surface area contributed by atoms with Crippen LogP contribution in [0.25, 0.3) is 11.0 Å². The Morgan fingerprint density at radius 3 is 3.11 bits per heavy atom. The number of imidazole rings is 1. The van der Waals surface area contributed by atoms with Gasteiger partial charge in [-0.1, -0.05) is 12.1 Å². The minimum Gasteiger partial charge on any atom is -0.330 e. The molecule has 1 aliphatic heterocycles. The summed E-state index contributed by atoms with van der Waals surface area (Å²) in [4.78, 5) is 3.35. The topological polar surface area (TPSA) is 20.7 Å². The number of aryl methyl sites for hydroxylation is 1. The monoisotopic (exact) mass is 296 g/mol. The molecular formula is C13H16N2S3. The fourth-order valence-corrected chi connectivity index (χ4v) is 5.28. The Morgan fingerprint density at radius 2 is 2.33 bits per heavy atom. The number of hydrogen-bond acceptors (Lipinski definition) is 3. The van der Waals surface area contributed by atoms with Gasteiger partial charge in [-0.3, -0.25) is 0 Å². The number of aromatic amines is 1. The fraction of sp³-hybridized carbons (Fsp3) is 0.462. The van der Waals surface area contributed by atoms with Gasteiger partial charge < -0.3 is 9.55 Å². The molecule has 2 heterocycles. The summed E-state index contributed by atoms with van der Waals surface area (Å²) in [5.74, 6) is 3.80. The molecule has 1 N–H and O–H groups in total. The fourth-order valence-electron chi connectivity index (χ4n) is 2.35. The number of nitrogens with zero attached hydrogens (tertiary/aromatic N) is 1. The lowest BCUT2D eigenvalue weighted by atomic mass is 10.2. The minimum absolute atomic E-state index is 0.690. The van der Waals surface area contributed by atoms with Crippen molar-refractivity contribution in [2.24, 2.45) is 0 Å². The summed E-state index contributed by atoms with van der Waals surface area (Å²) in [5, 5.41) is 0.690. The molecule has 0 aliphatic carbocycles. The second-order valence-electron chi connectivity index (χ2n) is 4.58. The molecule has 0 saturated carbocycles. The second-order valence-corrected chi connectivity index (χ2v) is 7.52. The van der Waals surface area contributed by atoms with Gasteiger partial charge in [0.25, 0.3) is 0 Å². The van der Waals surface area contributed by atoms with Crippen LogP contribution in [0.1, 0.15) is 5.56 Å². The number of para-hydroxylation sites is 1. The molecule has 0 bridgehead atoms. The average molecular weight is 296 g/mol. The molecule has 1 aliphatic rings. The second kappa shape index (κ2) is 5.31. The molecule has 1 aromatic carbocycles. The SMILES string of the molecule is Cc1cccc2c1[nH]c(=S)n2CC1CSCCS1. The van der Waals surface area contributed by atoms with Gasteiger partial charge in [-0.2, -0.15) is 23.5 Å². The van der Waals surface area contributed by atoms with Gasteiger partial charge in [0.15, 0.2) is 4.77 Å². The van der Waals surface area contributed by atoms with Crippen molar-refractivity contribution in [3.8, 4) is 0 Å². The smallest absolute Gasteiger partial charge is 0.178 e. The van der Waals surface area contributed by atoms with E-state index in [2.05, 4.69) is 58.2 Å². The average Bonchev–Trinajstić information content (AvgIpc) is 2.70. The summed E-state index contributed by atoms with van der Waals surface area (Å²) >= 11 is 9.61. The van der Waals surface area contributed by atoms with Crippen LogP contribution in [0.5, 0.6) is 0 Å². The number of thioether (sulfide) groups is 2. The van der Waals surface area contributed by atoms with Crippen LogP contribution in [0.3, 0.4) is 0 Å². The molecule has 0 spiro atoms. The third-order valence-electron chi connectivity index (χ3n) is 3.29. The van der Waals surface area contributed by atoms with Crippen molar-refractivity contribution in [3.05, 3.63) is 28.5 Å². The lowest BCUT2D eigenvalue weighted by Gasteiger charge is -2.21. The number of fused-ring (bicyclic) bond motifs is 1. The number of H-pyrrole nitrogens is 1. The predicted octanol–water partition coefficient (Wildman–Crippen LogP) is 3.86. The molecule has 1 atom stereocenters.